The lowest BCUT2D eigenvalue weighted by molar-refractivity contribution is -0.158. The molecular weight excluding hydrogens is 406 g/mol. The highest BCUT2D eigenvalue weighted by Crippen LogP contribution is 2.20. The summed E-state index contributed by atoms with van der Waals surface area (Å²) in [6.07, 6.45) is 0.293. The van der Waals surface area contributed by atoms with E-state index in [1.807, 2.05) is 70.2 Å². The van der Waals surface area contributed by atoms with Crippen LogP contribution < -0.4 is 14.8 Å². The fourth-order valence-electron chi connectivity index (χ4n) is 2.94. The molecule has 0 saturated heterocycles. The Morgan fingerprint density at radius 2 is 1.56 bits per heavy atom. The van der Waals surface area contributed by atoms with Crippen LogP contribution in [-0.2, 0) is 20.7 Å². The van der Waals surface area contributed by atoms with Crippen LogP contribution in [0.5, 0.6) is 11.5 Å². The number of hydrogen-bond donors (Lipinski definition) is 1. The lowest BCUT2D eigenvalue weighted by Crippen LogP contribution is -2.47. The van der Waals surface area contributed by atoms with Crippen molar-refractivity contribution < 1.29 is 23.8 Å². The Morgan fingerprint density at radius 1 is 0.906 bits per heavy atom. The van der Waals surface area contributed by atoms with Gasteiger partial charge in [-0.05, 0) is 83.9 Å². The molecule has 6 nitrogen and oxygen atoms in total. The number of ether oxygens (including phenoxy) is 3. The quantitative estimate of drug-likeness (QED) is 0.605. The van der Waals surface area contributed by atoms with Gasteiger partial charge in [0.1, 0.15) is 28.7 Å². The Bertz CT molecular complexity index is 907. The lowest BCUT2D eigenvalue weighted by atomic mass is 10.0. The van der Waals surface area contributed by atoms with Gasteiger partial charge in [-0.1, -0.05) is 24.3 Å². The van der Waals surface area contributed by atoms with Crippen LogP contribution >= 0.6 is 0 Å². The van der Waals surface area contributed by atoms with Crippen molar-refractivity contribution in [1.82, 2.24) is 5.32 Å². The van der Waals surface area contributed by atoms with Gasteiger partial charge in [-0.3, -0.25) is 4.79 Å². The molecule has 32 heavy (non-hydrogen) atoms. The van der Waals surface area contributed by atoms with E-state index >= 15 is 0 Å². The number of carbonyl (C=O) groups excluding carboxylic acids is 2. The second-order valence-electron chi connectivity index (χ2n) is 9.82. The number of carbonyl (C=O) groups is 2. The van der Waals surface area contributed by atoms with Gasteiger partial charge in [0.2, 0.25) is 0 Å². The summed E-state index contributed by atoms with van der Waals surface area (Å²) in [5.41, 5.74) is 0.949. The van der Waals surface area contributed by atoms with Crippen molar-refractivity contribution in [2.75, 3.05) is 6.61 Å². The summed E-state index contributed by atoms with van der Waals surface area (Å²) in [6, 6.07) is 14.1. The maximum Gasteiger partial charge on any atom is 0.329 e. The molecule has 6 heteroatoms. The molecule has 1 amide bonds. The van der Waals surface area contributed by atoms with Gasteiger partial charge in [0.25, 0.3) is 5.91 Å². The minimum absolute atomic E-state index is 0.193. The molecule has 1 N–H and O–H groups in total. The molecule has 2 aromatic carbocycles. The van der Waals surface area contributed by atoms with E-state index < -0.39 is 23.5 Å². The molecule has 2 rings (SSSR count). The highest BCUT2D eigenvalue weighted by Gasteiger charge is 2.27. The topological polar surface area (TPSA) is 73.9 Å². The maximum atomic E-state index is 12.8. The standard InChI is InChI=1S/C26H35NO5/c1-18-9-8-10-21(15-18)30-17-23(28)27-22(24(29)32-26(5,6)7)16-19-11-13-20(14-12-19)31-25(2,3)4/h8-15,22H,16-17H2,1-7H3,(H,27,28)/t22-/m0/s1. The van der Waals surface area contributed by atoms with Crippen LogP contribution in [0.4, 0.5) is 0 Å². The molecule has 0 heterocycles. The highest BCUT2D eigenvalue weighted by atomic mass is 16.6. The molecule has 2 aromatic rings. The predicted octanol–water partition coefficient (Wildman–Crippen LogP) is 4.62. The van der Waals surface area contributed by atoms with E-state index in [-0.39, 0.29) is 12.2 Å². The van der Waals surface area contributed by atoms with Gasteiger partial charge in [0.05, 0.1) is 0 Å². The molecule has 0 saturated carbocycles. The van der Waals surface area contributed by atoms with Crippen LogP contribution in [0.2, 0.25) is 0 Å². The van der Waals surface area contributed by atoms with Gasteiger partial charge < -0.3 is 19.5 Å². The summed E-state index contributed by atoms with van der Waals surface area (Å²) in [7, 11) is 0. The van der Waals surface area contributed by atoms with Crippen LogP contribution in [0.15, 0.2) is 48.5 Å². The van der Waals surface area contributed by atoms with Gasteiger partial charge in [0, 0.05) is 6.42 Å². The van der Waals surface area contributed by atoms with Crippen molar-refractivity contribution >= 4 is 11.9 Å². The largest absolute Gasteiger partial charge is 0.488 e. The summed E-state index contributed by atoms with van der Waals surface area (Å²) in [4.78, 5) is 25.3. The number of esters is 1. The van der Waals surface area contributed by atoms with Crippen LogP contribution in [0.1, 0.15) is 52.7 Å². The van der Waals surface area contributed by atoms with E-state index in [1.165, 1.54) is 0 Å². The molecule has 0 unspecified atom stereocenters. The first kappa shape index (κ1) is 25.2. The monoisotopic (exact) mass is 441 g/mol. The average Bonchev–Trinajstić information content (AvgIpc) is 2.65. The zero-order valence-corrected chi connectivity index (χ0v) is 20.2. The van der Waals surface area contributed by atoms with Gasteiger partial charge >= 0.3 is 5.97 Å². The minimum Gasteiger partial charge on any atom is -0.488 e. The lowest BCUT2D eigenvalue weighted by Gasteiger charge is -2.25. The number of benzene rings is 2. The van der Waals surface area contributed by atoms with E-state index in [4.69, 9.17) is 14.2 Å². The van der Waals surface area contributed by atoms with Crippen molar-refractivity contribution in [3.05, 3.63) is 59.7 Å². The summed E-state index contributed by atoms with van der Waals surface area (Å²) < 4.78 is 16.9. The van der Waals surface area contributed by atoms with Crippen molar-refractivity contribution in [3.63, 3.8) is 0 Å². The number of amides is 1. The zero-order valence-electron chi connectivity index (χ0n) is 20.2. The maximum absolute atomic E-state index is 12.8. The van der Waals surface area contributed by atoms with Crippen molar-refractivity contribution in [1.29, 1.82) is 0 Å². The SMILES string of the molecule is Cc1cccc(OCC(=O)N[C@@H](Cc2ccc(OC(C)(C)C)cc2)C(=O)OC(C)(C)C)c1. The average molecular weight is 442 g/mol. The third-order valence-electron chi connectivity index (χ3n) is 4.17. The first-order valence-corrected chi connectivity index (χ1v) is 10.8. The van der Waals surface area contributed by atoms with Gasteiger partial charge in [-0.25, -0.2) is 4.79 Å². The van der Waals surface area contributed by atoms with Crippen molar-refractivity contribution in [2.24, 2.45) is 0 Å². The molecule has 0 aliphatic rings. The van der Waals surface area contributed by atoms with Gasteiger partial charge in [-0.2, -0.15) is 0 Å². The Balaban J connectivity index is 2.06. The van der Waals surface area contributed by atoms with Crippen molar-refractivity contribution in [2.45, 2.75) is 72.1 Å². The van der Waals surface area contributed by atoms with E-state index in [0.717, 1.165) is 16.9 Å². The van der Waals surface area contributed by atoms with E-state index in [0.29, 0.717) is 12.2 Å². The third kappa shape index (κ3) is 9.41. The van der Waals surface area contributed by atoms with Gasteiger partial charge in [-0.15, -0.1) is 0 Å². The summed E-state index contributed by atoms with van der Waals surface area (Å²) in [5, 5.41) is 2.76. The molecule has 174 valence electrons. The number of hydrogen-bond acceptors (Lipinski definition) is 5. The second kappa shape index (κ2) is 10.5. The summed E-state index contributed by atoms with van der Waals surface area (Å²) >= 11 is 0. The number of nitrogens with one attached hydrogen (secondary N) is 1. The normalized spacial score (nSPS) is 12.6. The highest BCUT2D eigenvalue weighted by molar-refractivity contribution is 5.85. The molecule has 0 aliphatic carbocycles. The Hall–Kier alpha value is -3.02. The number of aryl methyl sites for hydroxylation is 1. The Kier molecular flexibility index (Phi) is 8.31. The minimum atomic E-state index is -0.836. The molecule has 1 atom stereocenters. The smallest absolute Gasteiger partial charge is 0.329 e. The predicted molar refractivity (Wildman–Crippen MR) is 125 cm³/mol. The first-order valence-electron chi connectivity index (χ1n) is 10.8. The fraction of sp³-hybridized carbons (Fsp3) is 0.462. The Labute approximate surface area is 191 Å². The Morgan fingerprint density at radius 3 is 2.12 bits per heavy atom. The molecule has 0 radical (unpaired) electrons. The third-order valence-corrected chi connectivity index (χ3v) is 4.17. The summed E-state index contributed by atoms with van der Waals surface area (Å²) in [5.74, 6) is 0.459. The zero-order chi connectivity index (χ0) is 23.9. The molecule has 0 fully saturated rings. The van der Waals surface area contributed by atoms with Crippen LogP contribution in [0.3, 0.4) is 0 Å². The fourth-order valence-corrected chi connectivity index (χ4v) is 2.94. The van der Waals surface area contributed by atoms with Crippen LogP contribution in [0.25, 0.3) is 0 Å². The molecule has 0 spiro atoms. The second-order valence-corrected chi connectivity index (χ2v) is 9.82. The van der Waals surface area contributed by atoms with Crippen molar-refractivity contribution in [3.8, 4) is 11.5 Å². The molecule has 0 aliphatic heterocycles. The van der Waals surface area contributed by atoms with Crippen LogP contribution in [-0.4, -0.2) is 35.7 Å². The number of rotatable bonds is 8. The molecule has 0 aromatic heterocycles. The van der Waals surface area contributed by atoms with E-state index in [1.54, 1.807) is 26.8 Å². The van der Waals surface area contributed by atoms with Gasteiger partial charge in [0.15, 0.2) is 6.61 Å². The molecule has 0 bridgehead atoms. The van der Waals surface area contributed by atoms with Crippen LogP contribution in [0, 0.1) is 6.92 Å². The first-order chi connectivity index (χ1) is 14.8. The van der Waals surface area contributed by atoms with E-state index in [2.05, 4.69) is 5.32 Å². The molecular formula is C26H35NO5. The van der Waals surface area contributed by atoms with E-state index in [9.17, 15) is 9.59 Å². The summed E-state index contributed by atoms with van der Waals surface area (Å²) in [6.45, 7) is 13.1.